The first-order valence-electron chi connectivity index (χ1n) is 9.43. The first-order valence-corrected chi connectivity index (χ1v) is 9.43. The third-order valence-corrected chi connectivity index (χ3v) is 5.08. The van der Waals surface area contributed by atoms with Crippen molar-refractivity contribution >= 4 is 23.3 Å². The molecule has 5 heteroatoms. The number of rotatable bonds is 6. The molecule has 0 bridgehead atoms. The van der Waals surface area contributed by atoms with Gasteiger partial charge in [-0.15, -0.1) is 0 Å². The van der Waals surface area contributed by atoms with Gasteiger partial charge in [-0.25, -0.2) is 4.79 Å². The van der Waals surface area contributed by atoms with Crippen molar-refractivity contribution < 1.29 is 14.3 Å². The van der Waals surface area contributed by atoms with Crippen molar-refractivity contribution in [2.24, 2.45) is 0 Å². The Morgan fingerprint density at radius 3 is 2.48 bits per heavy atom. The molecule has 0 heterocycles. The van der Waals surface area contributed by atoms with Crippen LogP contribution >= 0.6 is 0 Å². The second kappa shape index (κ2) is 8.71. The van der Waals surface area contributed by atoms with Crippen LogP contribution in [0.5, 0.6) is 0 Å². The Balaban J connectivity index is 1.64. The van der Waals surface area contributed by atoms with Crippen LogP contribution in [-0.2, 0) is 9.53 Å². The summed E-state index contributed by atoms with van der Waals surface area (Å²) in [5.41, 5.74) is 4.30. The average Bonchev–Trinajstić information content (AvgIpc) is 3.17. The Labute approximate surface area is 160 Å². The molecule has 0 spiro atoms. The number of amides is 1. The molecule has 2 N–H and O–H groups in total. The number of carbonyl (C=O) groups is 2. The fourth-order valence-corrected chi connectivity index (χ4v) is 3.35. The SMILES string of the molecule is Cc1cccc(Nc2ccccc2C(=O)OCC(=O)NC2CCCC2)c1C. The smallest absolute Gasteiger partial charge is 0.340 e. The maximum absolute atomic E-state index is 12.5. The molecule has 1 fully saturated rings. The summed E-state index contributed by atoms with van der Waals surface area (Å²) in [5.74, 6) is -0.750. The van der Waals surface area contributed by atoms with Gasteiger partial charge in [0.2, 0.25) is 0 Å². The second-order valence-electron chi connectivity index (χ2n) is 7.04. The number of aryl methyl sites for hydroxylation is 1. The number of nitrogens with one attached hydrogen (secondary N) is 2. The third kappa shape index (κ3) is 4.88. The molecule has 1 aliphatic carbocycles. The molecule has 1 saturated carbocycles. The van der Waals surface area contributed by atoms with Gasteiger partial charge in [0.25, 0.3) is 5.91 Å². The summed E-state index contributed by atoms with van der Waals surface area (Å²) in [5, 5.41) is 6.23. The van der Waals surface area contributed by atoms with Crippen LogP contribution < -0.4 is 10.6 Å². The second-order valence-corrected chi connectivity index (χ2v) is 7.04. The molecule has 1 aliphatic rings. The summed E-state index contributed by atoms with van der Waals surface area (Å²) in [6.07, 6.45) is 4.29. The fourth-order valence-electron chi connectivity index (χ4n) is 3.35. The molecular weight excluding hydrogens is 340 g/mol. The number of ether oxygens (including phenoxy) is 1. The van der Waals surface area contributed by atoms with Gasteiger partial charge in [-0.3, -0.25) is 4.79 Å². The topological polar surface area (TPSA) is 67.4 Å². The van der Waals surface area contributed by atoms with Crippen LogP contribution in [0.25, 0.3) is 0 Å². The van der Waals surface area contributed by atoms with Crippen molar-refractivity contribution in [2.45, 2.75) is 45.6 Å². The highest BCUT2D eigenvalue weighted by molar-refractivity contribution is 5.97. The summed E-state index contributed by atoms with van der Waals surface area (Å²) in [6.45, 7) is 3.82. The summed E-state index contributed by atoms with van der Waals surface area (Å²) in [6, 6.07) is 13.4. The van der Waals surface area contributed by atoms with Crippen LogP contribution in [0.15, 0.2) is 42.5 Å². The number of benzene rings is 2. The maximum Gasteiger partial charge on any atom is 0.340 e. The lowest BCUT2D eigenvalue weighted by Crippen LogP contribution is -2.35. The van der Waals surface area contributed by atoms with Crippen molar-refractivity contribution in [3.63, 3.8) is 0 Å². The van der Waals surface area contributed by atoms with Gasteiger partial charge in [-0.2, -0.15) is 0 Å². The van der Waals surface area contributed by atoms with Crippen LogP contribution in [0, 0.1) is 13.8 Å². The zero-order valence-corrected chi connectivity index (χ0v) is 15.9. The summed E-state index contributed by atoms with van der Waals surface area (Å²) >= 11 is 0. The Morgan fingerprint density at radius 1 is 1.00 bits per heavy atom. The van der Waals surface area contributed by atoms with Gasteiger partial charge in [-0.05, 0) is 56.0 Å². The number of carbonyl (C=O) groups excluding carboxylic acids is 2. The molecular formula is C22H26N2O3. The standard InChI is InChI=1S/C22H26N2O3/c1-15-8-7-13-19(16(15)2)24-20-12-6-5-11-18(20)22(26)27-14-21(25)23-17-9-3-4-10-17/h5-8,11-13,17,24H,3-4,9-10,14H2,1-2H3,(H,23,25). The van der Waals surface area contributed by atoms with E-state index in [9.17, 15) is 9.59 Å². The normalized spacial score (nSPS) is 14.0. The minimum absolute atomic E-state index is 0.217. The molecule has 0 saturated heterocycles. The largest absolute Gasteiger partial charge is 0.452 e. The molecule has 0 aliphatic heterocycles. The van der Waals surface area contributed by atoms with Gasteiger partial charge in [0.15, 0.2) is 6.61 Å². The first-order chi connectivity index (χ1) is 13.0. The molecule has 0 aromatic heterocycles. The molecule has 0 radical (unpaired) electrons. The van der Waals surface area contributed by atoms with E-state index in [1.165, 1.54) is 5.56 Å². The van der Waals surface area contributed by atoms with E-state index >= 15 is 0 Å². The average molecular weight is 366 g/mol. The van der Waals surface area contributed by atoms with E-state index in [4.69, 9.17) is 4.74 Å². The van der Waals surface area contributed by atoms with Gasteiger partial charge >= 0.3 is 5.97 Å². The van der Waals surface area contributed by atoms with Crippen molar-refractivity contribution in [2.75, 3.05) is 11.9 Å². The number of hydrogen-bond donors (Lipinski definition) is 2. The Hall–Kier alpha value is -2.82. The predicted molar refractivity (Wildman–Crippen MR) is 106 cm³/mol. The molecule has 5 nitrogen and oxygen atoms in total. The van der Waals surface area contributed by atoms with Gasteiger partial charge in [0.1, 0.15) is 0 Å². The Morgan fingerprint density at radius 2 is 1.70 bits per heavy atom. The van der Waals surface area contributed by atoms with Crippen LogP contribution in [-0.4, -0.2) is 24.5 Å². The van der Waals surface area contributed by atoms with E-state index in [1.807, 2.05) is 44.2 Å². The summed E-state index contributed by atoms with van der Waals surface area (Å²) < 4.78 is 5.24. The van der Waals surface area contributed by atoms with Crippen LogP contribution in [0.3, 0.4) is 0 Å². The summed E-state index contributed by atoms with van der Waals surface area (Å²) in [4.78, 5) is 24.5. The van der Waals surface area contributed by atoms with Gasteiger partial charge in [-0.1, -0.05) is 37.1 Å². The molecule has 27 heavy (non-hydrogen) atoms. The molecule has 0 atom stereocenters. The quantitative estimate of drug-likeness (QED) is 0.750. The van der Waals surface area contributed by atoms with E-state index in [0.29, 0.717) is 11.3 Å². The molecule has 2 aromatic carbocycles. The van der Waals surface area contributed by atoms with E-state index in [2.05, 4.69) is 10.6 Å². The highest BCUT2D eigenvalue weighted by Gasteiger charge is 2.19. The Kier molecular flexibility index (Phi) is 6.12. The summed E-state index contributed by atoms with van der Waals surface area (Å²) in [7, 11) is 0. The predicted octanol–water partition coefficient (Wildman–Crippen LogP) is 4.26. The molecule has 142 valence electrons. The van der Waals surface area contributed by atoms with E-state index < -0.39 is 5.97 Å². The lowest BCUT2D eigenvalue weighted by atomic mass is 10.1. The Bertz CT molecular complexity index is 826. The molecule has 3 rings (SSSR count). The highest BCUT2D eigenvalue weighted by Crippen LogP contribution is 2.25. The minimum Gasteiger partial charge on any atom is -0.452 e. The molecule has 1 amide bonds. The van der Waals surface area contributed by atoms with Gasteiger partial charge < -0.3 is 15.4 Å². The van der Waals surface area contributed by atoms with Crippen LogP contribution in [0.4, 0.5) is 11.4 Å². The van der Waals surface area contributed by atoms with Crippen molar-refractivity contribution in [3.8, 4) is 0 Å². The van der Waals surface area contributed by atoms with Crippen LogP contribution in [0.1, 0.15) is 47.2 Å². The lowest BCUT2D eigenvalue weighted by molar-refractivity contribution is -0.124. The zero-order valence-electron chi connectivity index (χ0n) is 15.9. The maximum atomic E-state index is 12.5. The van der Waals surface area contributed by atoms with E-state index in [1.54, 1.807) is 12.1 Å². The van der Waals surface area contributed by atoms with Crippen LogP contribution in [0.2, 0.25) is 0 Å². The van der Waals surface area contributed by atoms with E-state index in [0.717, 1.165) is 36.9 Å². The number of para-hydroxylation sites is 1. The number of esters is 1. The number of anilines is 2. The number of hydrogen-bond acceptors (Lipinski definition) is 4. The van der Waals surface area contributed by atoms with E-state index in [-0.39, 0.29) is 18.6 Å². The zero-order chi connectivity index (χ0) is 19.2. The monoisotopic (exact) mass is 366 g/mol. The molecule has 0 unspecified atom stereocenters. The highest BCUT2D eigenvalue weighted by atomic mass is 16.5. The van der Waals surface area contributed by atoms with Crippen molar-refractivity contribution in [3.05, 3.63) is 59.2 Å². The first kappa shape index (κ1) is 19.0. The lowest BCUT2D eigenvalue weighted by Gasteiger charge is -2.15. The van der Waals surface area contributed by atoms with Gasteiger partial charge in [0.05, 0.1) is 11.3 Å². The van der Waals surface area contributed by atoms with Crippen molar-refractivity contribution in [1.82, 2.24) is 5.32 Å². The fraction of sp³-hybridized carbons (Fsp3) is 0.364. The third-order valence-electron chi connectivity index (χ3n) is 5.08. The van der Waals surface area contributed by atoms with Crippen molar-refractivity contribution in [1.29, 1.82) is 0 Å². The minimum atomic E-state index is -0.509. The van der Waals surface area contributed by atoms with Gasteiger partial charge in [0, 0.05) is 11.7 Å². The molecule has 2 aromatic rings.